The molecule has 0 heterocycles. The van der Waals surface area contributed by atoms with Crippen LogP contribution in [0.5, 0.6) is 0 Å². The van der Waals surface area contributed by atoms with E-state index in [4.69, 9.17) is 0 Å². The summed E-state index contributed by atoms with van der Waals surface area (Å²) in [5.41, 5.74) is 1.93. The van der Waals surface area contributed by atoms with E-state index in [1.54, 1.807) is 66.7 Å². The summed E-state index contributed by atoms with van der Waals surface area (Å²) in [7, 11) is -13.9. The number of azo groups is 2. The molecule has 0 aliphatic heterocycles. The minimum Gasteiger partial charge on any atom is -0.355 e. The maximum Gasteiger partial charge on any atom is 0.295 e. The van der Waals surface area contributed by atoms with Gasteiger partial charge in [0.1, 0.15) is 9.79 Å². The Balaban J connectivity index is 1.35. The van der Waals surface area contributed by atoms with Crippen LogP contribution in [0.15, 0.2) is 163 Å². The van der Waals surface area contributed by atoms with E-state index in [1.165, 1.54) is 54.6 Å². The Labute approximate surface area is 302 Å². The van der Waals surface area contributed by atoms with Gasteiger partial charge in [0.05, 0.1) is 27.6 Å². The van der Waals surface area contributed by atoms with Gasteiger partial charge in [-0.15, -0.1) is 20.5 Å². The zero-order chi connectivity index (χ0) is 37.5. The third kappa shape index (κ3) is 7.25. The molecule has 0 fully saturated rings. The second kappa shape index (κ2) is 13.6. The van der Waals surface area contributed by atoms with Crippen LogP contribution < -0.4 is 5.32 Å². The van der Waals surface area contributed by atoms with Crippen LogP contribution in [0, 0.1) is 0 Å². The number of nitrogens with one attached hydrogen (secondary N) is 1. The van der Waals surface area contributed by atoms with E-state index < -0.39 is 35.2 Å². The van der Waals surface area contributed by atoms with E-state index in [1.807, 2.05) is 6.07 Å². The molecule has 14 nitrogen and oxygen atoms in total. The maximum absolute atomic E-state index is 12.4. The lowest BCUT2D eigenvalue weighted by molar-refractivity contribution is 0.481. The van der Waals surface area contributed by atoms with Crippen LogP contribution in [0.3, 0.4) is 0 Å². The summed E-state index contributed by atoms with van der Waals surface area (Å²) in [6, 6.07) is 32.3. The van der Waals surface area contributed by atoms with Crippen molar-refractivity contribution in [3.63, 3.8) is 0 Å². The van der Waals surface area contributed by atoms with E-state index in [-0.39, 0.29) is 48.7 Å². The van der Waals surface area contributed by atoms with Crippen LogP contribution >= 0.6 is 0 Å². The smallest absolute Gasteiger partial charge is 0.295 e. The fourth-order valence-electron chi connectivity index (χ4n) is 5.86. The average molecular weight is 768 g/mol. The maximum atomic E-state index is 12.4. The van der Waals surface area contributed by atoms with Crippen LogP contribution in [-0.2, 0) is 30.4 Å². The van der Waals surface area contributed by atoms with Crippen LogP contribution in [-0.4, -0.2) is 38.9 Å². The third-order valence-corrected chi connectivity index (χ3v) is 10.9. The fourth-order valence-corrected chi connectivity index (χ4v) is 7.81. The molecule has 7 aromatic carbocycles. The zero-order valence-electron chi connectivity index (χ0n) is 26.9. The van der Waals surface area contributed by atoms with E-state index >= 15 is 0 Å². The van der Waals surface area contributed by atoms with Crippen molar-refractivity contribution in [2.24, 2.45) is 20.5 Å². The van der Waals surface area contributed by atoms with E-state index in [0.29, 0.717) is 27.5 Å². The molecule has 0 aliphatic carbocycles. The molecular formula is C36H25N5O9S3. The largest absolute Gasteiger partial charge is 0.355 e. The van der Waals surface area contributed by atoms with Crippen molar-refractivity contribution in [1.82, 2.24) is 0 Å². The highest BCUT2D eigenvalue weighted by molar-refractivity contribution is 7.86. The minimum absolute atomic E-state index is 0.151. The van der Waals surface area contributed by atoms with E-state index in [2.05, 4.69) is 25.8 Å². The summed E-state index contributed by atoms with van der Waals surface area (Å²) in [6.07, 6.45) is 0. The number of hydrogen-bond acceptors (Lipinski definition) is 11. The Hall–Kier alpha value is -5.95. The van der Waals surface area contributed by atoms with Gasteiger partial charge in [-0.25, -0.2) is 0 Å². The van der Waals surface area contributed by atoms with Crippen molar-refractivity contribution in [2.75, 3.05) is 5.32 Å². The van der Waals surface area contributed by atoms with Crippen molar-refractivity contribution >= 4 is 96.8 Å². The molecule has 0 radical (unpaired) electrons. The highest BCUT2D eigenvalue weighted by Gasteiger charge is 2.20. The predicted molar refractivity (Wildman–Crippen MR) is 199 cm³/mol. The average Bonchev–Trinajstić information content (AvgIpc) is 3.12. The van der Waals surface area contributed by atoms with Gasteiger partial charge in [0.2, 0.25) is 0 Å². The zero-order valence-corrected chi connectivity index (χ0v) is 29.4. The molecule has 17 heteroatoms. The second-order valence-corrected chi connectivity index (χ2v) is 15.8. The Kier molecular flexibility index (Phi) is 9.06. The van der Waals surface area contributed by atoms with E-state index in [9.17, 15) is 38.9 Å². The monoisotopic (exact) mass is 767 g/mol. The van der Waals surface area contributed by atoms with Gasteiger partial charge in [0.25, 0.3) is 30.4 Å². The van der Waals surface area contributed by atoms with Gasteiger partial charge in [-0.2, -0.15) is 25.3 Å². The van der Waals surface area contributed by atoms with Gasteiger partial charge in [-0.3, -0.25) is 13.7 Å². The minimum atomic E-state index is -4.68. The Bertz CT molecular complexity index is 3010. The number of rotatable bonds is 9. The Morgan fingerprint density at radius 1 is 0.415 bits per heavy atom. The molecular weight excluding hydrogens is 743 g/mol. The topological polar surface area (TPSA) is 225 Å². The normalized spacial score (nSPS) is 12.7. The third-order valence-electron chi connectivity index (χ3n) is 8.22. The lowest BCUT2D eigenvalue weighted by Gasteiger charge is -2.14. The summed E-state index contributed by atoms with van der Waals surface area (Å²) < 4.78 is 103. The lowest BCUT2D eigenvalue weighted by atomic mass is 10.1. The van der Waals surface area contributed by atoms with Gasteiger partial charge in [-0.05, 0) is 66.7 Å². The highest BCUT2D eigenvalue weighted by Crippen LogP contribution is 2.41. The van der Waals surface area contributed by atoms with Crippen LogP contribution in [0.1, 0.15) is 0 Å². The number of benzene rings is 7. The predicted octanol–water partition coefficient (Wildman–Crippen LogP) is 9.46. The molecule has 0 atom stereocenters. The summed E-state index contributed by atoms with van der Waals surface area (Å²) in [5, 5.41) is 22.3. The van der Waals surface area contributed by atoms with Gasteiger partial charge in [0, 0.05) is 43.7 Å². The number of nitrogens with zero attached hydrogens (tertiary/aromatic N) is 4. The summed E-state index contributed by atoms with van der Waals surface area (Å²) >= 11 is 0. The molecule has 0 amide bonds. The van der Waals surface area contributed by atoms with Crippen molar-refractivity contribution < 1.29 is 38.9 Å². The summed E-state index contributed by atoms with van der Waals surface area (Å²) in [5.74, 6) is 0. The molecule has 0 aliphatic rings. The highest BCUT2D eigenvalue weighted by atomic mass is 32.2. The van der Waals surface area contributed by atoms with Crippen molar-refractivity contribution in [3.05, 3.63) is 127 Å². The SMILES string of the molecule is O=S(=O)(O)c1ccc2c(N=Nc3cccc4c(S(=O)(=O)O)cccc34)ccc(N=Nc3ccc(Nc4ccccc4)c4c(S(=O)(=O)O)cccc34)c2c1. The molecule has 0 bridgehead atoms. The van der Waals surface area contributed by atoms with Crippen molar-refractivity contribution in [1.29, 1.82) is 0 Å². The quantitative estimate of drug-likeness (QED) is 0.0803. The van der Waals surface area contributed by atoms with Crippen LogP contribution in [0.2, 0.25) is 0 Å². The summed E-state index contributed by atoms with van der Waals surface area (Å²) in [6.45, 7) is 0. The first-order chi connectivity index (χ1) is 25.2. The standard InChI is InChI=1S/C36H25N5O9S3/c42-51(43,44)23-15-16-25-28(21-23)32(18-17-30(25)39-38-29-12-4-10-26-24(29)9-5-13-34(26)52(45,46)47)41-40-31-19-20-33(37-22-7-2-1-3-8-22)36-27(31)11-6-14-35(36)53(48,49)50/h1-21,37H,(H,42,43,44)(H,45,46,47)(H,48,49,50). The van der Waals surface area contributed by atoms with Gasteiger partial charge in [0.15, 0.2) is 0 Å². The molecule has 0 spiro atoms. The molecule has 266 valence electrons. The lowest BCUT2D eigenvalue weighted by Crippen LogP contribution is -2.01. The summed E-state index contributed by atoms with van der Waals surface area (Å²) in [4.78, 5) is -1.08. The van der Waals surface area contributed by atoms with Crippen molar-refractivity contribution in [2.45, 2.75) is 14.7 Å². The number of hydrogen-bond donors (Lipinski definition) is 4. The van der Waals surface area contributed by atoms with Crippen molar-refractivity contribution in [3.8, 4) is 0 Å². The number of para-hydroxylation sites is 1. The molecule has 7 rings (SSSR count). The van der Waals surface area contributed by atoms with Crippen LogP contribution in [0.25, 0.3) is 32.3 Å². The van der Waals surface area contributed by atoms with Gasteiger partial charge < -0.3 is 5.32 Å². The van der Waals surface area contributed by atoms with E-state index in [0.717, 1.165) is 0 Å². The van der Waals surface area contributed by atoms with Crippen LogP contribution in [0.4, 0.5) is 34.1 Å². The molecule has 0 aromatic heterocycles. The molecule has 0 unspecified atom stereocenters. The number of anilines is 2. The molecule has 7 aromatic rings. The Morgan fingerprint density at radius 2 is 0.925 bits per heavy atom. The molecule has 0 saturated heterocycles. The second-order valence-electron chi connectivity index (χ2n) is 11.6. The Morgan fingerprint density at radius 3 is 1.57 bits per heavy atom. The number of fused-ring (bicyclic) bond motifs is 3. The molecule has 0 saturated carbocycles. The molecule has 4 N–H and O–H groups in total. The van der Waals surface area contributed by atoms with Gasteiger partial charge in [-0.1, -0.05) is 60.7 Å². The molecule has 53 heavy (non-hydrogen) atoms. The first kappa shape index (κ1) is 35.5. The van der Waals surface area contributed by atoms with Gasteiger partial charge >= 0.3 is 0 Å². The fraction of sp³-hybridized carbons (Fsp3) is 0. The first-order valence-electron chi connectivity index (χ1n) is 15.4. The first-order valence-corrected chi connectivity index (χ1v) is 19.7.